The Hall–Kier alpha value is -2.80. The van der Waals surface area contributed by atoms with Gasteiger partial charge in [0.25, 0.3) is 0 Å². The SMILES string of the molecule is COc1cc(CC(N=C2C(SC(C)C)C(=O)C2(C)C)C(=O)O)cc(OC)c1-c1ccccc1. The summed E-state index contributed by atoms with van der Waals surface area (Å²) in [6.07, 6.45) is 0.157. The normalized spacial score (nSPS) is 19.3. The molecule has 176 valence electrons. The molecule has 0 heterocycles. The standard InChI is InChI=1S/C26H31NO5S/c1-15(2)33-22-23(26(3,4)24(22)28)27-18(25(29)30)12-16-13-19(31-5)21(20(14-16)32-6)17-10-8-7-9-11-17/h7-11,13-15,18,22H,12H2,1-6H3,(H,29,30). The summed E-state index contributed by atoms with van der Waals surface area (Å²) < 4.78 is 11.3. The van der Waals surface area contributed by atoms with E-state index in [0.717, 1.165) is 16.7 Å². The van der Waals surface area contributed by atoms with Crippen LogP contribution in [-0.4, -0.2) is 53.3 Å². The first-order chi connectivity index (χ1) is 15.6. The third kappa shape index (κ3) is 5.08. The number of nitrogens with zero attached hydrogens (tertiary/aromatic N) is 1. The Labute approximate surface area is 199 Å². The molecule has 2 unspecified atom stereocenters. The first kappa shape index (κ1) is 24.8. The molecule has 0 aliphatic heterocycles. The maximum absolute atomic E-state index is 12.6. The van der Waals surface area contributed by atoms with Gasteiger partial charge in [0.05, 0.1) is 25.2 Å². The highest BCUT2D eigenvalue weighted by Gasteiger charge is 2.54. The lowest BCUT2D eigenvalue weighted by molar-refractivity contribution is -0.138. The zero-order chi connectivity index (χ0) is 24.3. The van der Waals surface area contributed by atoms with Crippen molar-refractivity contribution >= 4 is 29.2 Å². The summed E-state index contributed by atoms with van der Waals surface area (Å²) in [5.74, 6) is 0.259. The van der Waals surface area contributed by atoms with Crippen molar-refractivity contribution in [2.75, 3.05) is 14.2 Å². The molecule has 2 aromatic carbocycles. The van der Waals surface area contributed by atoms with Gasteiger partial charge in [0.15, 0.2) is 11.8 Å². The van der Waals surface area contributed by atoms with Crippen LogP contribution in [0.5, 0.6) is 11.5 Å². The van der Waals surface area contributed by atoms with Gasteiger partial charge in [0.1, 0.15) is 16.7 Å². The van der Waals surface area contributed by atoms with Gasteiger partial charge < -0.3 is 14.6 Å². The average Bonchev–Trinajstić information content (AvgIpc) is 2.79. The molecule has 7 heteroatoms. The summed E-state index contributed by atoms with van der Waals surface area (Å²) in [7, 11) is 3.16. The number of carboxylic acids is 1. The van der Waals surface area contributed by atoms with Crippen molar-refractivity contribution in [3.63, 3.8) is 0 Å². The van der Waals surface area contributed by atoms with Crippen molar-refractivity contribution in [3.8, 4) is 22.6 Å². The summed E-state index contributed by atoms with van der Waals surface area (Å²) in [5.41, 5.74) is 2.39. The number of carbonyl (C=O) groups is 2. The lowest BCUT2D eigenvalue weighted by Gasteiger charge is -2.43. The lowest BCUT2D eigenvalue weighted by Crippen LogP contribution is -2.58. The number of aliphatic carboxylic acids is 1. The molecular weight excluding hydrogens is 438 g/mol. The molecule has 1 aliphatic rings. The fourth-order valence-electron chi connectivity index (χ4n) is 4.01. The van der Waals surface area contributed by atoms with Crippen molar-refractivity contribution in [3.05, 3.63) is 48.0 Å². The molecule has 2 aromatic rings. The van der Waals surface area contributed by atoms with Gasteiger partial charge in [0, 0.05) is 17.4 Å². The molecule has 1 saturated carbocycles. The maximum atomic E-state index is 12.6. The largest absolute Gasteiger partial charge is 0.496 e. The summed E-state index contributed by atoms with van der Waals surface area (Å²) in [4.78, 5) is 29.3. The molecule has 0 amide bonds. The van der Waals surface area contributed by atoms with Crippen LogP contribution < -0.4 is 9.47 Å². The third-order valence-electron chi connectivity index (χ3n) is 5.79. The van der Waals surface area contributed by atoms with E-state index in [4.69, 9.17) is 9.47 Å². The molecule has 0 spiro atoms. The predicted octanol–water partition coefficient (Wildman–Crippen LogP) is 4.93. The van der Waals surface area contributed by atoms with Gasteiger partial charge in [-0.15, -0.1) is 11.8 Å². The minimum absolute atomic E-state index is 0.0969. The zero-order valence-corrected chi connectivity index (χ0v) is 20.7. The first-order valence-electron chi connectivity index (χ1n) is 10.9. The van der Waals surface area contributed by atoms with Crippen molar-refractivity contribution in [1.82, 2.24) is 0 Å². The number of rotatable bonds is 9. The number of aliphatic imine (C=N–C) groups is 1. The van der Waals surface area contributed by atoms with Gasteiger partial charge in [0.2, 0.25) is 0 Å². The van der Waals surface area contributed by atoms with Gasteiger partial charge in [-0.05, 0) is 37.1 Å². The highest BCUT2D eigenvalue weighted by atomic mass is 32.2. The van der Waals surface area contributed by atoms with Gasteiger partial charge in [-0.3, -0.25) is 9.79 Å². The second kappa shape index (κ2) is 10.00. The Bertz CT molecular complexity index is 1040. The number of thioether (sulfide) groups is 1. The molecule has 0 radical (unpaired) electrons. The van der Waals surface area contributed by atoms with Gasteiger partial charge in [-0.1, -0.05) is 44.2 Å². The van der Waals surface area contributed by atoms with E-state index >= 15 is 0 Å². The summed E-state index contributed by atoms with van der Waals surface area (Å²) in [6.45, 7) is 7.65. The molecule has 1 aliphatic carbocycles. The Morgan fingerprint density at radius 1 is 1.12 bits per heavy atom. The molecule has 0 saturated heterocycles. The highest BCUT2D eigenvalue weighted by Crippen LogP contribution is 2.43. The van der Waals surface area contributed by atoms with Crippen LogP contribution in [0.15, 0.2) is 47.5 Å². The van der Waals surface area contributed by atoms with E-state index in [1.807, 2.05) is 70.2 Å². The molecular formula is C26H31NO5S. The van der Waals surface area contributed by atoms with Crippen LogP contribution in [0.2, 0.25) is 0 Å². The van der Waals surface area contributed by atoms with E-state index in [1.54, 1.807) is 14.2 Å². The van der Waals surface area contributed by atoms with Crippen LogP contribution in [0.1, 0.15) is 33.3 Å². The number of hydrogen-bond acceptors (Lipinski definition) is 6. The number of carbonyl (C=O) groups excluding carboxylic acids is 1. The van der Waals surface area contributed by atoms with Crippen molar-refractivity contribution in [1.29, 1.82) is 0 Å². The van der Waals surface area contributed by atoms with Crippen LogP contribution in [0.3, 0.4) is 0 Å². The lowest BCUT2D eigenvalue weighted by atomic mass is 9.68. The van der Waals surface area contributed by atoms with Crippen LogP contribution in [0.25, 0.3) is 11.1 Å². The number of Topliss-reactive ketones (excluding diaryl/α,β-unsaturated/α-hetero) is 1. The Morgan fingerprint density at radius 2 is 1.70 bits per heavy atom. The van der Waals surface area contributed by atoms with Crippen molar-refractivity contribution < 1.29 is 24.2 Å². The number of benzene rings is 2. The monoisotopic (exact) mass is 469 g/mol. The van der Waals surface area contributed by atoms with Crippen LogP contribution in [-0.2, 0) is 16.0 Å². The first-order valence-corrected chi connectivity index (χ1v) is 11.9. The Kier molecular flexibility index (Phi) is 7.52. The maximum Gasteiger partial charge on any atom is 0.328 e. The van der Waals surface area contributed by atoms with Gasteiger partial charge >= 0.3 is 5.97 Å². The third-order valence-corrected chi connectivity index (χ3v) is 7.04. The van der Waals surface area contributed by atoms with E-state index in [9.17, 15) is 14.7 Å². The van der Waals surface area contributed by atoms with Crippen LogP contribution in [0, 0.1) is 5.41 Å². The molecule has 3 rings (SSSR count). The summed E-state index contributed by atoms with van der Waals surface area (Å²) in [6, 6.07) is 12.4. The number of carboxylic acid groups (broad SMARTS) is 1. The van der Waals surface area contributed by atoms with Gasteiger partial charge in [-0.25, -0.2) is 4.79 Å². The minimum atomic E-state index is -1.03. The summed E-state index contributed by atoms with van der Waals surface area (Å²) >= 11 is 1.52. The predicted molar refractivity (Wildman–Crippen MR) is 133 cm³/mol. The van der Waals surface area contributed by atoms with E-state index in [1.165, 1.54) is 11.8 Å². The fraction of sp³-hybridized carbons (Fsp3) is 0.423. The molecule has 0 aromatic heterocycles. The topological polar surface area (TPSA) is 85.2 Å². The molecule has 2 atom stereocenters. The number of methoxy groups -OCH3 is 2. The van der Waals surface area contributed by atoms with Gasteiger partial charge in [-0.2, -0.15) is 0 Å². The zero-order valence-electron chi connectivity index (χ0n) is 19.9. The summed E-state index contributed by atoms with van der Waals surface area (Å²) in [5, 5.41) is 9.79. The molecule has 6 nitrogen and oxygen atoms in total. The second-order valence-corrected chi connectivity index (χ2v) is 10.6. The molecule has 1 N–H and O–H groups in total. The highest BCUT2D eigenvalue weighted by molar-refractivity contribution is 8.02. The average molecular weight is 470 g/mol. The minimum Gasteiger partial charge on any atom is -0.496 e. The number of hydrogen-bond donors (Lipinski definition) is 1. The smallest absolute Gasteiger partial charge is 0.328 e. The fourth-order valence-corrected chi connectivity index (χ4v) is 5.46. The number of ketones is 1. The van der Waals surface area contributed by atoms with Crippen molar-refractivity contribution in [2.24, 2.45) is 10.4 Å². The van der Waals surface area contributed by atoms with Crippen LogP contribution >= 0.6 is 11.8 Å². The Balaban J connectivity index is 1.98. The molecule has 0 bridgehead atoms. The van der Waals surface area contributed by atoms with E-state index in [2.05, 4.69) is 4.99 Å². The van der Waals surface area contributed by atoms with E-state index in [-0.39, 0.29) is 22.7 Å². The quantitative estimate of drug-likeness (QED) is 0.561. The van der Waals surface area contributed by atoms with Crippen LogP contribution in [0.4, 0.5) is 0 Å². The number of ether oxygens (including phenoxy) is 2. The molecule has 1 fully saturated rings. The Morgan fingerprint density at radius 3 is 2.18 bits per heavy atom. The molecule has 33 heavy (non-hydrogen) atoms. The van der Waals surface area contributed by atoms with E-state index < -0.39 is 17.4 Å². The second-order valence-electron chi connectivity index (χ2n) is 8.87. The van der Waals surface area contributed by atoms with E-state index in [0.29, 0.717) is 17.2 Å². The van der Waals surface area contributed by atoms with Crippen molar-refractivity contribution in [2.45, 2.75) is 50.7 Å².